The molecule has 2 aromatic carbocycles. The minimum atomic E-state index is -0.344. The summed E-state index contributed by atoms with van der Waals surface area (Å²) in [4.78, 5) is 38.4. The molecule has 3 amide bonds. The summed E-state index contributed by atoms with van der Waals surface area (Å²) in [7, 11) is 3.26. The van der Waals surface area contributed by atoms with Gasteiger partial charge in [0.2, 0.25) is 11.8 Å². The predicted molar refractivity (Wildman–Crippen MR) is 117 cm³/mol. The Labute approximate surface area is 176 Å². The van der Waals surface area contributed by atoms with E-state index in [1.807, 2.05) is 6.92 Å². The summed E-state index contributed by atoms with van der Waals surface area (Å²) < 4.78 is 5.11. The van der Waals surface area contributed by atoms with Crippen LogP contribution in [0.2, 0.25) is 0 Å². The summed E-state index contributed by atoms with van der Waals surface area (Å²) >= 11 is 0. The van der Waals surface area contributed by atoms with E-state index < -0.39 is 0 Å². The Morgan fingerprint density at radius 2 is 1.60 bits per heavy atom. The zero-order valence-corrected chi connectivity index (χ0v) is 17.5. The zero-order chi connectivity index (χ0) is 21.9. The number of methoxy groups -OCH3 is 1. The Bertz CT molecular complexity index is 868. The van der Waals surface area contributed by atoms with E-state index >= 15 is 0 Å². The number of ether oxygens (including phenoxy) is 1. The second-order valence-electron chi connectivity index (χ2n) is 6.80. The summed E-state index contributed by atoms with van der Waals surface area (Å²) in [5.74, 6) is -0.103. The predicted octanol–water partition coefficient (Wildman–Crippen LogP) is 2.34. The van der Waals surface area contributed by atoms with Crippen molar-refractivity contribution in [1.82, 2.24) is 10.2 Å². The van der Waals surface area contributed by atoms with E-state index in [1.54, 1.807) is 67.6 Å². The lowest BCUT2D eigenvalue weighted by atomic mass is 10.1. The van der Waals surface area contributed by atoms with Crippen LogP contribution >= 0.6 is 0 Å². The minimum Gasteiger partial charge on any atom is -0.497 e. The lowest BCUT2D eigenvalue weighted by Crippen LogP contribution is -2.39. The maximum atomic E-state index is 12.7. The summed E-state index contributed by atoms with van der Waals surface area (Å²) in [6.45, 7) is 2.72. The molecule has 0 unspecified atom stereocenters. The Balaban J connectivity index is 1.97. The molecule has 160 valence electrons. The molecule has 3 N–H and O–H groups in total. The Hall–Kier alpha value is -3.39. The molecule has 2 rings (SSSR count). The van der Waals surface area contributed by atoms with Crippen LogP contribution in [0.5, 0.6) is 5.75 Å². The van der Waals surface area contributed by atoms with E-state index in [0.29, 0.717) is 29.2 Å². The van der Waals surface area contributed by atoms with Gasteiger partial charge < -0.3 is 20.7 Å². The number of para-hydroxylation sites is 1. The quantitative estimate of drug-likeness (QED) is 0.556. The van der Waals surface area contributed by atoms with Crippen molar-refractivity contribution in [1.29, 1.82) is 0 Å². The zero-order valence-electron chi connectivity index (χ0n) is 17.5. The highest BCUT2D eigenvalue weighted by molar-refractivity contribution is 6.10. The molecule has 8 nitrogen and oxygen atoms in total. The third kappa shape index (κ3) is 7.21. The van der Waals surface area contributed by atoms with Gasteiger partial charge in [-0.05, 0) is 49.9 Å². The first kappa shape index (κ1) is 22.9. The van der Waals surface area contributed by atoms with Gasteiger partial charge in [0.25, 0.3) is 5.91 Å². The van der Waals surface area contributed by atoms with Crippen LogP contribution < -0.4 is 20.7 Å². The van der Waals surface area contributed by atoms with Crippen molar-refractivity contribution >= 4 is 29.1 Å². The van der Waals surface area contributed by atoms with E-state index in [0.717, 1.165) is 6.42 Å². The maximum absolute atomic E-state index is 12.7. The molecular formula is C22H28N4O4. The van der Waals surface area contributed by atoms with Crippen molar-refractivity contribution in [3.8, 4) is 5.75 Å². The standard InChI is InChI=1S/C22H28N4O4/c1-4-13-23-20(27)14-26(2)15-21(28)25-19-8-6-5-7-18(19)22(29)24-16-9-11-17(30-3)12-10-16/h5-12H,4,13-15H2,1-3H3,(H,23,27)(H,24,29)(H,25,28). The lowest BCUT2D eigenvalue weighted by molar-refractivity contribution is -0.122. The first-order valence-electron chi connectivity index (χ1n) is 9.72. The number of rotatable bonds is 10. The van der Waals surface area contributed by atoms with E-state index in [4.69, 9.17) is 4.74 Å². The van der Waals surface area contributed by atoms with Crippen LogP contribution in [-0.4, -0.2) is 56.4 Å². The number of likely N-dealkylation sites (N-methyl/N-ethyl adjacent to an activating group) is 1. The number of carbonyl (C=O) groups excluding carboxylic acids is 3. The Kier molecular flexibility index (Phi) is 8.83. The first-order valence-corrected chi connectivity index (χ1v) is 9.72. The fourth-order valence-corrected chi connectivity index (χ4v) is 2.72. The van der Waals surface area contributed by atoms with Crippen LogP contribution in [0.25, 0.3) is 0 Å². The van der Waals surface area contributed by atoms with Gasteiger partial charge in [0.15, 0.2) is 0 Å². The number of carbonyl (C=O) groups is 3. The molecule has 0 saturated heterocycles. The molecule has 0 heterocycles. The molecule has 0 aromatic heterocycles. The van der Waals surface area contributed by atoms with Crippen molar-refractivity contribution in [3.05, 3.63) is 54.1 Å². The van der Waals surface area contributed by atoms with Crippen LogP contribution in [0.15, 0.2) is 48.5 Å². The normalized spacial score (nSPS) is 10.4. The first-order chi connectivity index (χ1) is 14.4. The molecular weight excluding hydrogens is 384 g/mol. The van der Waals surface area contributed by atoms with Gasteiger partial charge in [-0.2, -0.15) is 0 Å². The van der Waals surface area contributed by atoms with Gasteiger partial charge in [-0.3, -0.25) is 19.3 Å². The summed E-state index contributed by atoms with van der Waals surface area (Å²) in [5.41, 5.74) is 1.35. The number of amides is 3. The fourth-order valence-electron chi connectivity index (χ4n) is 2.72. The molecule has 0 aliphatic carbocycles. The van der Waals surface area contributed by atoms with Gasteiger partial charge in [0, 0.05) is 12.2 Å². The average Bonchev–Trinajstić information content (AvgIpc) is 2.72. The Morgan fingerprint density at radius 1 is 0.933 bits per heavy atom. The third-order valence-electron chi connectivity index (χ3n) is 4.19. The van der Waals surface area contributed by atoms with Crippen molar-refractivity contribution in [2.45, 2.75) is 13.3 Å². The van der Waals surface area contributed by atoms with Crippen LogP contribution in [0.1, 0.15) is 23.7 Å². The second-order valence-corrected chi connectivity index (χ2v) is 6.80. The summed E-state index contributed by atoms with van der Waals surface area (Å²) in [6.07, 6.45) is 0.852. The van der Waals surface area contributed by atoms with Crippen molar-refractivity contribution < 1.29 is 19.1 Å². The molecule has 0 aliphatic rings. The number of benzene rings is 2. The minimum absolute atomic E-state index is 0.0218. The molecule has 0 radical (unpaired) electrons. The van der Waals surface area contributed by atoms with Crippen molar-refractivity contribution in [2.24, 2.45) is 0 Å². The molecule has 0 bridgehead atoms. The van der Waals surface area contributed by atoms with Crippen LogP contribution in [0.3, 0.4) is 0 Å². The third-order valence-corrected chi connectivity index (χ3v) is 4.19. The molecule has 0 aliphatic heterocycles. The van der Waals surface area contributed by atoms with Gasteiger partial charge in [-0.15, -0.1) is 0 Å². The van der Waals surface area contributed by atoms with E-state index in [9.17, 15) is 14.4 Å². The highest BCUT2D eigenvalue weighted by atomic mass is 16.5. The lowest BCUT2D eigenvalue weighted by Gasteiger charge is -2.17. The van der Waals surface area contributed by atoms with Crippen molar-refractivity contribution in [2.75, 3.05) is 44.4 Å². The van der Waals surface area contributed by atoms with E-state index in [2.05, 4.69) is 16.0 Å². The van der Waals surface area contributed by atoms with Gasteiger partial charge >= 0.3 is 0 Å². The average molecular weight is 412 g/mol. The maximum Gasteiger partial charge on any atom is 0.257 e. The number of nitrogens with one attached hydrogen (secondary N) is 3. The molecule has 0 spiro atoms. The highest BCUT2D eigenvalue weighted by Gasteiger charge is 2.15. The summed E-state index contributed by atoms with van der Waals surface area (Å²) in [5, 5.41) is 8.32. The van der Waals surface area contributed by atoms with Crippen LogP contribution in [0.4, 0.5) is 11.4 Å². The molecule has 0 saturated carbocycles. The summed E-state index contributed by atoms with van der Waals surface area (Å²) in [6, 6.07) is 13.7. The molecule has 8 heteroatoms. The van der Waals surface area contributed by atoms with Crippen LogP contribution in [0, 0.1) is 0 Å². The largest absolute Gasteiger partial charge is 0.497 e. The highest BCUT2D eigenvalue weighted by Crippen LogP contribution is 2.19. The van der Waals surface area contributed by atoms with Gasteiger partial charge in [-0.1, -0.05) is 19.1 Å². The second kappa shape index (κ2) is 11.6. The fraction of sp³-hybridized carbons (Fsp3) is 0.318. The number of nitrogens with zero attached hydrogens (tertiary/aromatic N) is 1. The number of hydrogen-bond donors (Lipinski definition) is 3. The van der Waals surface area contributed by atoms with Crippen molar-refractivity contribution in [3.63, 3.8) is 0 Å². The molecule has 0 atom stereocenters. The molecule has 2 aromatic rings. The monoisotopic (exact) mass is 412 g/mol. The topological polar surface area (TPSA) is 99.8 Å². The van der Waals surface area contributed by atoms with Gasteiger partial charge in [0.1, 0.15) is 5.75 Å². The van der Waals surface area contributed by atoms with E-state index in [-0.39, 0.29) is 30.8 Å². The molecule has 30 heavy (non-hydrogen) atoms. The SMILES string of the molecule is CCCNC(=O)CN(C)CC(=O)Nc1ccccc1C(=O)Nc1ccc(OC)cc1. The van der Waals surface area contributed by atoms with Gasteiger partial charge in [0.05, 0.1) is 31.5 Å². The number of anilines is 2. The van der Waals surface area contributed by atoms with E-state index in [1.165, 1.54) is 0 Å². The van der Waals surface area contributed by atoms with Crippen LogP contribution in [-0.2, 0) is 9.59 Å². The van der Waals surface area contributed by atoms with Gasteiger partial charge in [-0.25, -0.2) is 0 Å². The smallest absolute Gasteiger partial charge is 0.257 e. The number of hydrogen-bond acceptors (Lipinski definition) is 5. The molecule has 0 fully saturated rings. The Morgan fingerprint density at radius 3 is 2.27 bits per heavy atom.